The number of amides is 1. The van der Waals surface area contributed by atoms with Crippen molar-refractivity contribution in [2.24, 2.45) is 0 Å². The Morgan fingerprint density at radius 2 is 1.78 bits per heavy atom. The number of benzene rings is 3. The van der Waals surface area contributed by atoms with Crippen molar-refractivity contribution in [1.82, 2.24) is 0 Å². The Bertz CT molecular complexity index is 944. The summed E-state index contributed by atoms with van der Waals surface area (Å²) < 4.78 is 5.33. The molecule has 0 aliphatic rings. The average molecular weight is 384 g/mol. The first-order chi connectivity index (χ1) is 13.1. The summed E-state index contributed by atoms with van der Waals surface area (Å²) in [5.41, 5.74) is 2.18. The van der Waals surface area contributed by atoms with Gasteiger partial charge in [0.1, 0.15) is 18.1 Å². The van der Waals surface area contributed by atoms with E-state index < -0.39 is 5.91 Å². The van der Waals surface area contributed by atoms with Crippen molar-refractivity contribution in [3.8, 4) is 22.6 Å². The van der Waals surface area contributed by atoms with Gasteiger partial charge in [0.15, 0.2) is 0 Å². The highest BCUT2D eigenvalue weighted by Gasteiger charge is 2.17. The fourth-order valence-electron chi connectivity index (χ4n) is 2.59. The van der Waals surface area contributed by atoms with Crippen LogP contribution in [0.1, 0.15) is 10.4 Å². The highest BCUT2D eigenvalue weighted by molar-refractivity contribution is 6.33. The minimum atomic E-state index is -0.494. The van der Waals surface area contributed by atoms with E-state index in [4.69, 9.17) is 21.4 Å². The molecule has 3 rings (SSSR count). The Kier molecular flexibility index (Phi) is 5.96. The molecule has 0 fully saturated rings. The van der Waals surface area contributed by atoms with Crippen molar-refractivity contribution < 1.29 is 19.7 Å². The fraction of sp³-hybridized carbons (Fsp3) is 0.0952. The van der Waals surface area contributed by atoms with Crippen LogP contribution in [0.5, 0.6) is 11.5 Å². The number of carbonyl (C=O) groups excluding carboxylic acids is 1. The number of aromatic hydroxyl groups is 1. The van der Waals surface area contributed by atoms with Gasteiger partial charge < -0.3 is 20.3 Å². The van der Waals surface area contributed by atoms with Gasteiger partial charge in [-0.05, 0) is 35.4 Å². The SMILES string of the molecule is O=C(Nc1cccc(OCCO)c1)c1cc(-c2ccccc2)cc(Cl)c1O. The third-order valence-corrected chi connectivity index (χ3v) is 4.16. The lowest BCUT2D eigenvalue weighted by molar-refractivity contribution is 0.102. The number of ether oxygens (including phenoxy) is 1. The smallest absolute Gasteiger partial charge is 0.259 e. The Hall–Kier alpha value is -3.02. The zero-order valence-corrected chi connectivity index (χ0v) is 15.1. The number of phenolic OH excluding ortho intramolecular Hbond substituents is 1. The minimum absolute atomic E-state index is 0.0723. The molecule has 27 heavy (non-hydrogen) atoms. The summed E-state index contributed by atoms with van der Waals surface area (Å²) in [5.74, 6) is -0.254. The molecule has 0 aromatic heterocycles. The molecule has 0 saturated heterocycles. The lowest BCUT2D eigenvalue weighted by Gasteiger charge is -2.12. The zero-order chi connectivity index (χ0) is 19.2. The molecular weight excluding hydrogens is 366 g/mol. The first-order valence-electron chi connectivity index (χ1n) is 8.31. The Labute approximate surface area is 161 Å². The van der Waals surface area contributed by atoms with Crippen LogP contribution in [0.4, 0.5) is 5.69 Å². The van der Waals surface area contributed by atoms with Gasteiger partial charge in [0.2, 0.25) is 0 Å². The van der Waals surface area contributed by atoms with Gasteiger partial charge in [-0.1, -0.05) is 48.0 Å². The number of nitrogens with one attached hydrogen (secondary N) is 1. The summed E-state index contributed by atoms with van der Waals surface area (Å²) in [6.07, 6.45) is 0. The fourth-order valence-corrected chi connectivity index (χ4v) is 2.81. The van der Waals surface area contributed by atoms with E-state index in [2.05, 4.69) is 5.32 Å². The predicted molar refractivity (Wildman–Crippen MR) is 106 cm³/mol. The summed E-state index contributed by atoms with van der Waals surface area (Å²) >= 11 is 6.12. The summed E-state index contributed by atoms with van der Waals surface area (Å²) in [5, 5.41) is 21.9. The Morgan fingerprint density at radius 3 is 2.52 bits per heavy atom. The van der Waals surface area contributed by atoms with Crippen LogP contribution >= 0.6 is 11.6 Å². The number of rotatable bonds is 6. The van der Waals surface area contributed by atoms with Crippen LogP contribution in [-0.4, -0.2) is 29.3 Å². The second kappa shape index (κ2) is 8.58. The largest absolute Gasteiger partial charge is 0.506 e. The van der Waals surface area contributed by atoms with Gasteiger partial charge in [-0.25, -0.2) is 0 Å². The number of halogens is 1. The molecule has 0 spiro atoms. The van der Waals surface area contributed by atoms with E-state index in [9.17, 15) is 9.90 Å². The van der Waals surface area contributed by atoms with Gasteiger partial charge in [-0.15, -0.1) is 0 Å². The highest BCUT2D eigenvalue weighted by atomic mass is 35.5. The van der Waals surface area contributed by atoms with Crippen LogP contribution in [0.25, 0.3) is 11.1 Å². The lowest BCUT2D eigenvalue weighted by Crippen LogP contribution is -2.12. The Balaban J connectivity index is 1.87. The minimum Gasteiger partial charge on any atom is -0.506 e. The second-order valence-electron chi connectivity index (χ2n) is 5.77. The molecule has 138 valence electrons. The molecule has 0 unspecified atom stereocenters. The van der Waals surface area contributed by atoms with Crippen molar-refractivity contribution in [3.05, 3.63) is 77.3 Å². The summed E-state index contributed by atoms with van der Waals surface area (Å²) in [6, 6.07) is 19.4. The van der Waals surface area contributed by atoms with Gasteiger partial charge >= 0.3 is 0 Å². The molecular formula is C21H18ClNO4. The molecule has 3 aromatic carbocycles. The van der Waals surface area contributed by atoms with E-state index in [1.54, 1.807) is 36.4 Å². The average Bonchev–Trinajstić information content (AvgIpc) is 2.69. The first-order valence-corrected chi connectivity index (χ1v) is 8.69. The van der Waals surface area contributed by atoms with Gasteiger partial charge in [0, 0.05) is 11.8 Å². The van der Waals surface area contributed by atoms with Crippen LogP contribution in [0.3, 0.4) is 0 Å². The molecule has 0 aliphatic carbocycles. The quantitative estimate of drug-likeness (QED) is 0.591. The standard InChI is InChI=1S/C21H18ClNO4/c22-19-12-15(14-5-2-1-3-6-14)11-18(20(19)25)21(26)23-16-7-4-8-17(13-16)27-10-9-24/h1-8,11-13,24-25H,9-10H2,(H,23,26). The number of aliphatic hydroxyl groups excluding tert-OH is 1. The number of carbonyl (C=O) groups is 1. The molecule has 0 bridgehead atoms. The number of aliphatic hydroxyl groups is 1. The third kappa shape index (κ3) is 4.58. The monoisotopic (exact) mass is 383 g/mol. The van der Waals surface area contributed by atoms with Crippen molar-refractivity contribution >= 4 is 23.2 Å². The summed E-state index contributed by atoms with van der Waals surface area (Å²) in [6.45, 7) is 0.0577. The molecule has 3 N–H and O–H groups in total. The zero-order valence-electron chi connectivity index (χ0n) is 14.4. The van der Waals surface area contributed by atoms with Crippen LogP contribution in [0, 0.1) is 0 Å². The van der Waals surface area contributed by atoms with E-state index >= 15 is 0 Å². The number of anilines is 1. The maximum absolute atomic E-state index is 12.7. The second-order valence-corrected chi connectivity index (χ2v) is 6.18. The van der Waals surface area contributed by atoms with Crippen molar-refractivity contribution in [3.63, 3.8) is 0 Å². The molecule has 0 atom stereocenters. The van der Waals surface area contributed by atoms with E-state index in [-0.39, 0.29) is 29.5 Å². The van der Waals surface area contributed by atoms with Gasteiger partial charge in [-0.2, -0.15) is 0 Å². The van der Waals surface area contributed by atoms with Crippen molar-refractivity contribution in [2.75, 3.05) is 18.5 Å². The van der Waals surface area contributed by atoms with Gasteiger partial charge in [0.05, 0.1) is 17.2 Å². The molecule has 3 aromatic rings. The molecule has 5 nitrogen and oxygen atoms in total. The predicted octanol–water partition coefficient (Wildman–Crippen LogP) is 4.34. The number of phenols is 1. The molecule has 1 amide bonds. The van der Waals surface area contributed by atoms with Crippen LogP contribution in [0.2, 0.25) is 5.02 Å². The maximum atomic E-state index is 12.7. The van der Waals surface area contributed by atoms with E-state index in [1.807, 2.05) is 30.3 Å². The van der Waals surface area contributed by atoms with Crippen molar-refractivity contribution in [2.45, 2.75) is 0 Å². The van der Waals surface area contributed by atoms with Crippen molar-refractivity contribution in [1.29, 1.82) is 0 Å². The maximum Gasteiger partial charge on any atom is 0.259 e. The lowest BCUT2D eigenvalue weighted by atomic mass is 10.0. The summed E-state index contributed by atoms with van der Waals surface area (Å²) in [4.78, 5) is 12.7. The highest BCUT2D eigenvalue weighted by Crippen LogP contribution is 2.34. The van der Waals surface area contributed by atoms with E-state index in [0.717, 1.165) is 11.1 Å². The van der Waals surface area contributed by atoms with Crippen LogP contribution in [-0.2, 0) is 0 Å². The van der Waals surface area contributed by atoms with Crippen LogP contribution in [0.15, 0.2) is 66.7 Å². The molecule has 0 radical (unpaired) electrons. The Morgan fingerprint density at radius 1 is 1.00 bits per heavy atom. The molecule has 0 heterocycles. The molecule has 6 heteroatoms. The van der Waals surface area contributed by atoms with E-state index in [0.29, 0.717) is 11.4 Å². The third-order valence-electron chi connectivity index (χ3n) is 3.87. The van der Waals surface area contributed by atoms with Gasteiger partial charge in [-0.3, -0.25) is 4.79 Å². The van der Waals surface area contributed by atoms with E-state index in [1.165, 1.54) is 0 Å². The number of hydrogen-bond donors (Lipinski definition) is 3. The van der Waals surface area contributed by atoms with Gasteiger partial charge in [0.25, 0.3) is 5.91 Å². The summed E-state index contributed by atoms with van der Waals surface area (Å²) in [7, 11) is 0. The topological polar surface area (TPSA) is 78.8 Å². The molecule has 0 aliphatic heterocycles. The molecule has 0 saturated carbocycles. The normalized spacial score (nSPS) is 10.4. The number of hydrogen-bond acceptors (Lipinski definition) is 4. The first kappa shape index (κ1) is 18.8. The van der Waals surface area contributed by atoms with Crippen LogP contribution < -0.4 is 10.1 Å².